The molecule has 0 aromatic heterocycles. The molecule has 0 saturated carbocycles. The van der Waals surface area contributed by atoms with Gasteiger partial charge in [-0.1, -0.05) is 67.6 Å². The van der Waals surface area contributed by atoms with Crippen molar-refractivity contribution in [3.05, 3.63) is 95.1 Å². The number of aryl methyl sites for hydroxylation is 1. The van der Waals surface area contributed by atoms with Gasteiger partial charge >= 0.3 is 0 Å². The van der Waals surface area contributed by atoms with Crippen LogP contribution in [0.5, 0.6) is 0 Å². The predicted molar refractivity (Wildman–Crippen MR) is 119 cm³/mol. The number of ether oxygens (including phenoxy) is 2. The molecule has 0 unspecified atom stereocenters. The molecule has 0 bridgehead atoms. The summed E-state index contributed by atoms with van der Waals surface area (Å²) < 4.78 is 69.5. The summed E-state index contributed by atoms with van der Waals surface area (Å²) in [6.07, 6.45) is 3.25. The number of rotatable bonds is 5. The van der Waals surface area contributed by atoms with Gasteiger partial charge in [0.2, 0.25) is 0 Å². The van der Waals surface area contributed by atoms with E-state index in [0.717, 1.165) is 0 Å². The molecular formula is C27H24F4O2. The Morgan fingerprint density at radius 3 is 1.85 bits per heavy atom. The van der Waals surface area contributed by atoms with E-state index in [1.807, 2.05) is 19.1 Å². The van der Waals surface area contributed by atoms with E-state index in [-0.39, 0.29) is 22.6 Å². The Balaban J connectivity index is 1.58. The van der Waals surface area contributed by atoms with E-state index < -0.39 is 29.6 Å². The minimum absolute atomic E-state index is 0.000332. The fraction of sp³-hybridized carbons (Fsp3) is 0.259. The van der Waals surface area contributed by atoms with Crippen LogP contribution in [0.2, 0.25) is 0 Å². The minimum Gasteiger partial charge on any atom is -0.348 e. The lowest BCUT2D eigenvalue weighted by atomic mass is 9.97. The zero-order valence-corrected chi connectivity index (χ0v) is 18.4. The SMILES string of the molecule is CC=CC1COC(c2ccc(-c3ccc(-c4ccc(CC)c(F)c4F)cc3)c(F)c2F)OC1. The average Bonchev–Trinajstić information content (AvgIpc) is 2.84. The molecule has 3 aromatic carbocycles. The quantitative estimate of drug-likeness (QED) is 0.295. The molecule has 0 radical (unpaired) electrons. The number of benzene rings is 3. The molecule has 1 aliphatic rings. The van der Waals surface area contributed by atoms with Crippen molar-refractivity contribution >= 4 is 0 Å². The first kappa shape index (κ1) is 23.2. The first-order valence-electron chi connectivity index (χ1n) is 10.9. The Morgan fingerprint density at radius 2 is 1.30 bits per heavy atom. The highest BCUT2D eigenvalue weighted by Crippen LogP contribution is 2.34. The second-order valence-corrected chi connectivity index (χ2v) is 7.95. The second-order valence-electron chi connectivity index (χ2n) is 7.95. The van der Waals surface area contributed by atoms with Crippen LogP contribution in [0.25, 0.3) is 22.3 Å². The molecule has 1 fully saturated rings. The Labute approximate surface area is 190 Å². The van der Waals surface area contributed by atoms with Crippen LogP contribution >= 0.6 is 0 Å². The van der Waals surface area contributed by atoms with E-state index in [4.69, 9.17) is 9.47 Å². The largest absolute Gasteiger partial charge is 0.348 e. The van der Waals surface area contributed by atoms with E-state index >= 15 is 0 Å². The molecular weight excluding hydrogens is 432 g/mol. The van der Waals surface area contributed by atoms with Crippen LogP contribution in [0.15, 0.2) is 60.7 Å². The molecule has 1 saturated heterocycles. The molecule has 0 amide bonds. The molecule has 3 aromatic rings. The summed E-state index contributed by atoms with van der Waals surface area (Å²) in [5.41, 5.74) is 1.31. The topological polar surface area (TPSA) is 18.5 Å². The second kappa shape index (κ2) is 9.89. The zero-order valence-electron chi connectivity index (χ0n) is 18.4. The van der Waals surface area contributed by atoms with Crippen LogP contribution in [0, 0.1) is 29.2 Å². The van der Waals surface area contributed by atoms with Crippen LogP contribution in [-0.2, 0) is 15.9 Å². The molecule has 2 nitrogen and oxygen atoms in total. The summed E-state index contributed by atoms with van der Waals surface area (Å²) in [7, 11) is 0. The number of allylic oxidation sites excluding steroid dienone is 1. The number of halogens is 4. The standard InChI is InChI=1S/C27H24F4O2/c1-3-5-16-14-32-27(33-15-16)22-13-12-21(25(30)26(22)31)19-8-6-18(7-9-19)20-11-10-17(4-2)23(28)24(20)29/h3,5-13,16,27H,4,14-15H2,1-2H3. The van der Waals surface area contributed by atoms with Gasteiger partial charge in [-0.05, 0) is 30.0 Å². The van der Waals surface area contributed by atoms with Gasteiger partial charge in [0.25, 0.3) is 0 Å². The molecule has 1 aliphatic heterocycles. The summed E-state index contributed by atoms with van der Waals surface area (Å²) in [4.78, 5) is 0. The van der Waals surface area contributed by atoms with Crippen molar-refractivity contribution in [1.29, 1.82) is 0 Å². The van der Waals surface area contributed by atoms with Crippen LogP contribution in [0.4, 0.5) is 17.6 Å². The zero-order chi connectivity index (χ0) is 23.5. The van der Waals surface area contributed by atoms with Crippen molar-refractivity contribution in [1.82, 2.24) is 0 Å². The van der Waals surface area contributed by atoms with Crippen molar-refractivity contribution in [3.63, 3.8) is 0 Å². The smallest absolute Gasteiger partial charge is 0.186 e. The average molecular weight is 456 g/mol. The Bertz CT molecular complexity index is 1160. The van der Waals surface area contributed by atoms with E-state index in [2.05, 4.69) is 0 Å². The Kier molecular flexibility index (Phi) is 6.96. The van der Waals surface area contributed by atoms with Crippen LogP contribution in [0.3, 0.4) is 0 Å². The van der Waals surface area contributed by atoms with Crippen molar-refractivity contribution in [2.24, 2.45) is 5.92 Å². The molecule has 4 rings (SSSR count). The van der Waals surface area contributed by atoms with Gasteiger partial charge in [-0.3, -0.25) is 0 Å². The molecule has 0 aliphatic carbocycles. The Hall–Kier alpha value is -2.96. The van der Waals surface area contributed by atoms with Crippen molar-refractivity contribution in [2.45, 2.75) is 26.6 Å². The van der Waals surface area contributed by atoms with Gasteiger partial charge in [0, 0.05) is 22.6 Å². The summed E-state index contributed by atoms with van der Waals surface area (Å²) in [5.74, 6) is -3.77. The highest BCUT2D eigenvalue weighted by atomic mass is 19.2. The third kappa shape index (κ3) is 4.59. The fourth-order valence-corrected chi connectivity index (χ4v) is 3.97. The maximum Gasteiger partial charge on any atom is 0.186 e. The summed E-state index contributed by atoms with van der Waals surface area (Å²) in [6, 6.07) is 12.2. The summed E-state index contributed by atoms with van der Waals surface area (Å²) >= 11 is 0. The highest BCUT2D eigenvalue weighted by molar-refractivity contribution is 5.71. The third-order valence-electron chi connectivity index (χ3n) is 5.80. The molecule has 6 heteroatoms. The number of hydrogen-bond acceptors (Lipinski definition) is 2. The lowest BCUT2D eigenvalue weighted by Gasteiger charge is -2.28. The van der Waals surface area contributed by atoms with Crippen molar-refractivity contribution in [2.75, 3.05) is 13.2 Å². The van der Waals surface area contributed by atoms with Crippen LogP contribution in [-0.4, -0.2) is 13.2 Å². The molecule has 1 heterocycles. The molecule has 0 atom stereocenters. The first-order chi connectivity index (χ1) is 15.9. The van der Waals surface area contributed by atoms with E-state index in [0.29, 0.717) is 36.3 Å². The normalized spacial score (nSPS) is 18.7. The van der Waals surface area contributed by atoms with E-state index in [1.165, 1.54) is 18.2 Å². The third-order valence-corrected chi connectivity index (χ3v) is 5.80. The molecule has 172 valence electrons. The van der Waals surface area contributed by atoms with E-state index in [1.54, 1.807) is 37.3 Å². The minimum atomic E-state index is -1.03. The predicted octanol–water partition coefficient (Wildman–Crippen LogP) is 7.38. The highest BCUT2D eigenvalue weighted by Gasteiger charge is 2.27. The maximum absolute atomic E-state index is 14.9. The molecule has 33 heavy (non-hydrogen) atoms. The van der Waals surface area contributed by atoms with Gasteiger partial charge in [-0.2, -0.15) is 0 Å². The number of hydrogen-bond donors (Lipinski definition) is 0. The summed E-state index contributed by atoms with van der Waals surface area (Å²) in [5, 5.41) is 0. The van der Waals surface area contributed by atoms with Gasteiger partial charge in [0.15, 0.2) is 29.6 Å². The van der Waals surface area contributed by atoms with Gasteiger partial charge in [0.05, 0.1) is 13.2 Å². The van der Waals surface area contributed by atoms with Gasteiger partial charge in [-0.25, -0.2) is 17.6 Å². The van der Waals surface area contributed by atoms with Crippen molar-refractivity contribution < 1.29 is 27.0 Å². The summed E-state index contributed by atoms with van der Waals surface area (Å²) in [6.45, 7) is 4.35. The van der Waals surface area contributed by atoms with Crippen LogP contribution in [0.1, 0.15) is 31.3 Å². The van der Waals surface area contributed by atoms with Gasteiger partial charge in [-0.15, -0.1) is 0 Å². The van der Waals surface area contributed by atoms with Crippen LogP contribution < -0.4 is 0 Å². The maximum atomic E-state index is 14.9. The lowest BCUT2D eigenvalue weighted by molar-refractivity contribution is -0.199. The Morgan fingerprint density at radius 1 is 0.758 bits per heavy atom. The van der Waals surface area contributed by atoms with Crippen molar-refractivity contribution in [3.8, 4) is 22.3 Å². The van der Waals surface area contributed by atoms with Gasteiger partial charge < -0.3 is 9.47 Å². The monoisotopic (exact) mass is 456 g/mol. The molecule has 0 spiro atoms. The van der Waals surface area contributed by atoms with Gasteiger partial charge in [0.1, 0.15) is 0 Å². The first-order valence-corrected chi connectivity index (χ1v) is 10.9. The fourth-order valence-electron chi connectivity index (χ4n) is 3.97. The molecule has 0 N–H and O–H groups in total. The lowest BCUT2D eigenvalue weighted by Crippen LogP contribution is -2.26. The van der Waals surface area contributed by atoms with E-state index in [9.17, 15) is 17.6 Å².